The molecule has 4 nitrogen and oxygen atoms in total. The van der Waals surface area contributed by atoms with E-state index in [0.29, 0.717) is 6.04 Å². The van der Waals surface area contributed by atoms with Crippen LogP contribution in [0.25, 0.3) is 0 Å². The van der Waals surface area contributed by atoms with Crippen molar-refractivity contribution in [2.75, 3.05) is 19.7 Å². The van der Waals surface area contributed by atoms with Crippen LogP contribution in [0.3, 0.4) is 0 Å². The van der Waals surface area contributed by atoms with Crippen molar-refractivity contribution in [3.8, 4) is 0 Å². The first-order valence-electron chi connectivity index (χ1n) is 6.37. The van der Waals surface area contributed by atoms with Crippen molar-refractivity contribution in [1.29, 1.82) is 0 Å². The second-order valence-electron chi connectivity index (χ2n) is 5.17. The minimum absolute atomic E-state index is 0.0319. The lowest BCUT2D eigenvalue weighted by Gasteiger charge is -2.42. The largest absolute Gasteiger partial charge is 0.394 e. The Morgan fingerprint density at radius 3 is 2.50 bits per heavy atom. The number of aliphatic hydroxyl groups excluding tert-OH is 2. The van der Waals surface area contributed by atoms with Gasteiger partial charge in [0.05, 0.1) is 24.9 Å². The standard InChI is InChI=1S/C12H23NO3/c1-9-6-13(7-12(8-14)16-9)10-2-4-11(15)5-3-10/h9-12,14-15H,2-8H2,1H3. The predicted molar refractivity (Wildman–Crippen MR) is 61.3 cm³/mol. The fourth-order valence-electron chi connectivity index (χ4n) is 2.90. The predicted octanol–water partition coefficient (Wildman–Crippen LogP) is 0.371. The van der Waals surface area contributed by atoms with Crippen molar-refractivity contribution < 1.29 is 14.9 Å². The first-order chi connectivity index (χ1) is 7.69. The zero-order valence-electron chi connectivity index (χ0n) is 10.0. The Kier molecular flexibility index (Phi) is 4.19. The Hall–Kier alpha value is -0.160. The lowest BCUT2D eigenvalue weighted by atomic mass is 9.91. The Morgan fingerprint density at radius 2 is 1.88 bits per heavy atom. The molecule has 0 bridgehead atoms. The van der Waals surface area contributed by atoms with Gasteiger partial charge in [-0.05, 0) is 32.6 Å². The summed E-state index contributed by atoms with van der Waals surface area (Å²) in [5.41, 5.74) is 0. The Bertz CT molecular complexity index is 216. The summed E-state index contributed by atoms with van der Waals surface area (Å²) in [4.78, 5) is 2.43. The molecule has 0 spiro atoms. The van der Waals surface area contributed by atoms with Crippen molar-refractivity contribution in [1.82, 2.24) is 4.90 Å². The molecule has 0 radical (unpaired) electrons. The molecule has 1 saturated carbocycles. The maximum atomic E-state index is 9.49. The van der Waals surface area contributed by atoms with Crippen LogP contribution in [0.1, 0.15) is 32.6 Å². The summed E-state index contributed by atoms with van der Waals surface area (Å²) in [6.45, 7) is 3.96. The van der Waals surface area contributed by atoms with E-state index in [9.17, 15) is 10.2 Å². The summed E-state index contributed by atoms with van der Waals surface area (Å²) in [6, 6.07) is 0.573. The molecule has 0 aromatic heterocycles. The van der Waals surface area contributed by atoms with Gasteiger partial charge in [0, 0.05) is 19.1 Å². The highest BCUT2D eigenvalue weighted by Crippen LogP contribution is 2.25. The first-order valence-corrected chi connectivity index (χ1v) is 6.37. The minimum atomic E-state index is -0.0941. The van der Waals surface area contributed by atoms with Gasteiger partial charge in [0.25, 0.3) is 0 Å². The maximum Gasteiger partial charge on any atom is 0.0936 e. The van der Waals surface area contributed by atoms with Gasteiger partial charge >= 0.3 is 0 Å². The molecule has 2 atom stereocenters. The highest BCUT2D eigenvalue weighted by Gasteiger charge is 2.31. The van der Waals surface area contributed by atoms with E-state index >= 15 is 0 Å². The van der Waals surface area contributed by atoms with Gasteiger partial charge < -0.3 is 14.9 Å². The highest BCUT2D eigenvalue weighted by atomic mass is 16.5. The molecular weight excluding hydrogens is 206 g/mol. The van der Waals surface area contributed by atoms with Crippen LogP contribution >= 0.6 is 0 Å². The first kappa shape index (κ1) is 12.3. The summed E-state index contributed by atoms with van der Waals surface area (Å²) in [6.07, 6.45) is 4.06. The maximum absolute atomic E-state index is 9.49. The van der Waals surface area contributed by atoms with E-state index in [0.717, 1.165) is 38.8 Å². The zero-order valence-corrected chi connectivity index (χ0v) is 10.0. The van der Waals surface area contributed by atoms with Gasteiger partial charge in [-0.2, -0.15) is 0 Å². The molecule has 1 aliphatic heterocycles. The van der Waals surface area contributed by atoms with Crippen molar-refractivity contribution in [2.24, 2.45) is 0 Å². The third kappa shape index (κ3) is 2.94. The molecule has 2 aliphatic rings. The van der Waals surface area contributed by atoms with Crippen LogP contribution in [0.2, 0.25) is 0 Å². The van der Waals surface area contributed by atoms with Gasteiger partial charge in [-0.25, -0.2) is 0 Å². The van der Waals surface area contributed by atoms with Crippen LogP contribution in [0.4, 0.5) is 0 Å². The van der Waals surface area contributed by atoms with Crippen LogP contribution < -0.4 is 0 Å². The van der Waals surface area contributed by atoms with Crippen molar-refractivity contribution in [3.05, 3.63) is 0 Å². The number of hydrogen-bond acceptors (Lipinski definition) is 4. The summed E-state index contributed by atoms with van der Waals surface area (Å²) in [5, 5.41) is 18.7. The van der Waals surface area contributed by atoms with Gasteiger partial charge in [-0.1, -0.05) is 0 Å². The number of aliphatic hydroxyl groups is 2. The molecule has 2 N–H and O–H groups in total. The van der Waals surface area contributed by atoms with Crippen molar-refractivity contribution in [2.45, 2.75) is 57.0 Å². The van der Waals surface area contributed by atoms with E-state index in [-0.39, 0.29) is 24.9 Å². The fourth-order valence-corrected chi connectivity index (χ4v) is 2.90. The van der Waals surface area contributed by atoms with E-state index in [2.05, 4.69) is 11.8 Å². The smallest absolute Gasteiger partial charge is 0.0936 e. The van der Waals surface area contributed by atoms with E-state index in [4.69, 9.17) is 4.74 Å². The molecule has 2 rings (SSSR count). The van der Waals surface area contributed by atoms with Crippen LogP contribution in [-0.2, 0) is 4.74 Å². The molecule has 0 aromatic rings. The van der Waals surface area contributed by atoms with Crippen LogP contribution in [-0.4, -0.2) is 59.2 Å². The average molecular weight is 229 g/mol. The SMILES string of the molecule is CC1CN(C2CCC(O)CC2)CC(CO)O1. The number of rotatable bonds is 2. The molecule has 1 aliphatic carbocycles. The lowest BCUT2D eigenvalue weighted by molar-refractivity contribution is -0.110. The fraction of sp³-hybridized carbons (Fsp3) is 1.00. The summed E-state index contributed by atoms with van der Waals surface area (Å²) in [5.74, 6) is 0. The molecule has 2 fully saturated rings. The molecule has 94 valence electrons. The topological polar surface area (TPSA) is 52.9 Å². The molecule has 2 unspecified atom stereocenters. The molecule has 4 heteroatoms. The number of hydrogen-bond donors (Lipinski definition) is 2. The Morgan fingerprint density at radius 1 is 1.19 bits per heavy atom. The molecule has 0 amide bonds. The van der Waals surface area contributed by atoms with Gasteiger partial charge in [0.1, 0.15) is 0 Å². The van der Waals surface area contributed by atoms with E-state index in [1.807, 2.05) is 0 Å². The van der Waals surface area contributed by atoms with Gasteiger partial charge in [-0.3, -0.25) is 4.90 Å². The minimum Gasteiger partial charge on any atom is -0.394 e. The normalized spacial score (nSPS) is 42.2. The second kappa shape index (κ2) is 5.45. The molecule has 0 aromatic carbocycles. The molecule has 1 saturated heterocycles. The summed E-state index contributed by atoms with van der Waals surface area (Å²) < 4.78 is 5.64. The van der Waals surface area contributed by atoms with E-state index in [1.165, 1.54) is 0 Å². The number of ether oxygens (including phenoxy) is 1. The molecular formula is C12H23NO3. The van der Waals surface area contributed by atoms with Crippen molar-refractivity contribution >= 4 is 0 Å². The van der Waals surface area contributed by atoms with Gasteiger partial charge in [-0.15, -0.1) is 0 Å². The van der Waals surface area contributed by atoms with Crippen LogP contribution in [0.15, 0.2) is 0 Å². The second-order valence-corrected chi connectivity index (χ2v) is 5.17. The van der Waals surface area contributed by atoms with Gasteiger partial charge in [0.15, 0.2) is 0 Å². The third-order valence-corrected chi connectivity index (χ3v) is 3.74. The van der Waals surface area contributed by atoms with E-state index in [1.54, 1.807) is 0 Å². The lowest BCUT2D eigenvalue weighted by Crippen LogP contribution is -2.52. The molecule has 1 heterocycles. The summed E-state index contributed by atoms with van der Waals surface area (Å²) in [7, 11) is 0. The number of morpholine rings is 1. The quantitative estimate of drug-likeness (QED) is 0.718. The Labute approximate surface area is 97.2 Å². The Balaban J connectivity index is 1.88. The zero-order chi connectivity index (χ0) is 11.5. The van der Waals surface area contributed by atoms with Crippen molar-refractivity contribution in [3.63, 3.8) is 0 Å². The highest BCUT2D eigenvalue weighted by molar-refractivity contribution is 4.84. The number of nitrogens with zero attached hydrogens (tertiary/aromatic N) is 1. The third-order valence-electron chi connectivity index (χ3n) is 3.74. The summed E-state index contributed by atoms with van der Waals surface area (Å²) >= 11 is 0. The van der Waals surface area contributed by atoms with E-state index < -0.39 is 0 Å². The average Bonchev–Trinajstić information content (AvgIpc) is 2.29. The molecule has 16 heavy (non-hydrogen) atoms. The van der Waals surface area contributed by atoms with Crippen LogP contribution in [0.5, 0.6) is 0 Å². The van der Waals surface area contributed by atoms with Gasteiger partial charge in [0.2, 0.25) is 0 Å². The monoisotopic (exact) mass is 229 g/mol. The van der Waals surface area contributed by atoms with Crippen LogP contribution in [0, 0.1) is 0 Å².